The van der Waals surface area contributed by atoms with Gasteiger partial charge in [0.05, 0.1) is 17.5 Å². The standard InChI is InChI=1S/C37H43F3N6O4/c1-23(47)44-20-35(21-44)18-36(19-35,31-42-41-22-43(31)6)25-9-7-10-26(15-25)45-17-28-27(30(45)48)13-24(14-29(28)37(38,39)40)16-46(33(2,3)4)32(49)50-34(5)11-8-12-34/h7,9-10,13-15,22H,8,11-12,16-21H2,1-6H3. The molecule has 7 rings (SSSR count). The Kier molecular flexibility index (Phi) is 7.69. The maximum absolute atomic E-state index is 14.7. The Balaban J connectivity index is 1.20. The molecule has 2 aliphatic heterocycles. The molecule has 13 heteroatoms. The van der Waals surface area contributed by atoms with E-state index in [0.717, 1.165) is 49.6 Å². The Morgan fingerprint density at radius 3 is 2.32 bits per heavy atom. The van der Waals surface area contributed by atoms with Crippen LogP contribution in [0.1, 0.15) is 105 Å². The summed E-state index contributed by atoms with van der Waals surface area (Å²) in [6.45, 7) is 9.76. The zero-order chi connectivity index (χ0) is 36.0. The first-order chi connectivity index (χ1) is 23.3. The maximum atomic E-state index is 14.7. The number of carbonyl (C=O) groups excluding carboxylic acids is 3. The number of likely N-dealkylation sites (tertiary alicyclic amines) is 1. The summed E-state index contributed by atoms with van der Waals surface area (Å²) in [6, 6.07) is 9.94. The number of rotatable bonds is 6. The van der Waals surface area contributed by atoms with Gasteiger partial charge in [-0.25, -0.2) is 4.79 Å². The third-order valence-corrected chi connectivity index (χ3v) is 11.2. The highest BCUT2D eigenvalue weighted by molar-refractivity contribution is 6.10. The van der Waals surface area contributed by atoms with E-state index in [-0.39, 0.29) is 41.1 Å². The van der Waals surface area contributed by atoms with Crippen molar-refractivity contribution in [1.82, 2.24) is 24.6 Å². The van der Waals surface area contributed by atoms with Crippen LogP contribution in [0.25, 0.3) is 0 Å². The number of ether oxygens (including phenoxy) is 1. The lowest BCUT2D eigenvalue weighted by Gasteiger charge is -2.63. The molecule has 1 spiro atoms. The normalized spacial score (nSPS) is 20.1. The number of hydrogen-bond acceptors (Lipinski definition) is 6. The van der Waals surface area contributed by atoms with Gasteiger partial charge in [0.15, 0.2) is 0 Å². The topological polar surface area (TPSA) is 101 Å². The molecule has 3 aromatic rings. The molecule has 3 fully saturated rings. The van der Waals surface area contributed by atoms with Gasteiger partial charge in [0.2, 0.25) is 5.91 Å². The molecule has 2 saturated carbocycles. The Bertz CT molecular complexity index is 1880. The molecule has 266 valence electrons. The molecular weight excluding hydrogens is 649 g/mol. The van der Waals surface area contributed by atoms with Gasteiger partial charge in [-0.3, -0.25) is 14.5 Å². The highest BCUT2D eigenvalue weighted by Gasteiger charge is 2.63. The Hall–Kier alpha value is -4.42. The number of halogens is 3. The Morgan fingerprint density at radius 2 is 1.76 bits per heavy atom. The number of anilines is 1. The second-order valence-corrected chi connectivity index (χ2v) is 16.1. The van der Waals surface area contributed by atoms with E-state index < -0.39 is 40.3 Å². The average molecular weight is 693 g/mol. The number of benzene rings is 2. The van der Waals surface area contributed by atoms with E-state index in [1.807, 2.05) is 41.6 Å². The predicted octanol–water partition coefficient (Wildman–Crippen LogP) is 6.60. The molecule has 4 aliphatic rings. The smallest absolute Gasteiger partial charge is 0.416 e. The van der Waals surface area contributed by atoms with Crippen molar-refractivity contribution in [2.75, 3.05) is 18.0 Å². The van der Waals surface area contributed by atoms with Gasteiger partial charge < -0.3 is 19.1 Å². The number of amides is 3. The SMILES string of the molecule is CC(=O)N1CC2(C1)CC(c1cccc(N3Cc4c(cc(CN(C(=O)OC5(C)CCC5)C(C)(C)C)cc4C(F)(F)F)C3=O)c1)(c1nncn1C)C2. The fraction of sp³-hybridized carbons (Fsp3) is 0.541. The lowest BCUT2D eigenvalue weighted by Crippen LogP contribution is -2.68. The van der Waals surface area contributed by atoms with Crippen molar-refractivity contribution >= 4 is 23.6 Å². The summed E-state index contributed by atoms with van der Waals surface area (Å²) < 4.78 is 51.7. The molecule has 3 heterocycles. The number of fused-ring (bicyclic) bond motifs is 1. The highest BCUT2D eigenvalue weighted by atomic mass is 19.4. The van der Waals surface area contributed by atoms with Crippen LogP contribution in [0.2, 0.25) is 0 Å². The molecule has 2 aliphatic carbocycles. The van der Waals surface area contributed by atoms with E-state index in [9.17, 15) is 27.6 Å². The summed E-state index contributed by atoms with van der Waals surface area (Å²) >= 11 is 0. The first-order valence-electron chi connectivity index (χ1n) is 17.1. The molecule has 10 nitrogen and oxygen atoms in total. The van der Waals surface area contributed by atoms with Crippen molar-refractivity contribution in [1.29, 1.82) is 0 Å². The zero-order valence-corrected chi connectivity index (χ0v) is 29.4. The quantitative estimate of drug-likeness (QED) is 0.289. The number of aryl methyl sites for hydroxylation is 1. The Labute approximate surface area is 289 Å². The first-order valence-corrected chi connectivity index (χ1v) is 17.1. The summed E-state index contributed by atoms with van der Waals surface area (Å²) in [5, 5.41) is 8.58. The van der Waals surface area contributed by atoms with Crippen molar-refractivity contribution in [3.8, 4) is 0 Å². The molecule has 1 aromatic heterocycles. The van der Waals surface area contributed by atoms with Crippen LogP contribution in [-0.4, -0.2) is 66.7 Å². The molecule has 0 unspecified atom stereocenters. The summed E-state index contributed by atoms with van der Waals surface area (Å²) in [7, 11) is 1.87. The monoisotopic (exact) mass is 692 g/mol. The van der Waals surface area contributed by atoms with E-state index >= 15 is 0 Å². The van der Waals surface area contributed by atoms with Gasteiger partial charge in [0, 0.05) is 55.8 Å². The van der Waals surface area contributed by atoms with Crippen LogP contribution in [-0.2, 0) is 41.3 Å². The van der Waals surface area contributed by atoms with Gasteiger partial charge in [0.1, 0.15) is 17.8 Å². The van der Waals surface area contributed by atoms with Crippen molar-refractivity contribution in [3.63, 3.8) is 0 Å². The van der Waals surface area contributed by atoms with E-state index in [0.29, 0.717) is 18.8 Å². The van der Waals surface area contributed by atoms with Crippen LogP contribution < -0.4 is 4.90 Å². The number of carbonyl (C=O) groups is 3. The molecule has 0 atom stereocenters. The first kappa shape index (κ1) is 34.0. The van der Waals surface area contributed by atoms with Crippen LogP contribution >= 0.6 is 0 Å². The maximum Gasteiger partial charge on any atom is 0.416 e. The Morgan fingerprint density at radius 1 is 1.06 bits per heavy atom. The molecule has 1 saturated heterocycles. The summed E-state index contributed by atoms with van der Waals surface area (Å²) in [5.41, 5.74) is -1.36. The molecule has 50 heavy (non-hydrogen) atoms. The van der Waals surface area contributed by atoms with Crippen LogP contribution in [0.4, 0.5) is 23.7 Å². The molecule has 0 bridgehead atoms. The van der Waals surface area contributed by atoms with Crippen molar-refractivity contribution in [2.45, 2.75) is 103 Å². The van der Waals surface area contributed by atoms with Crippen LogP contribution in [0.15, 0.2) is 42.7 Å². The van der Waals surface area contributed by atoms with Gasteiger partial charge in [-0.2, -0.15) is 13.2 Å². The van der Waals surface area contributed by atoms with E-state index in [4.69, 9.17) is 4.74 Å². The molecular formula is C37H43F3N6O4. The summed E-state index contributed by atoms with van der Waals surface area (Å²) in [6.07, 6.45) is 0.183. The minimum atomic E-state index is -4.73. The summed E-state index contributed by atoms with van der Waals surface area (Å²) in [4.78, 5) is 44.0. The largest absolute Gasteiger partial charge is 0.443 e. The van der Waals surface area contributed by atoms with Crippen molar-refractivity contribution in [3.05, 3.63) is 76.4 Å². The number of hydrogen-bond donors (Lipinski definition) is 0. The minimum absolute atomic E-state index is 0.0298. The van der Waals surface area contributed by atoms with Gasteiger partial charge >= 0.3 is 12.3 Å². The van der Waals surface area contributed by atoms with Crippen molar-refractivity contribution < 1.29 is 32.3 Å². The van der Waals surface area contributed by atoms with E-state index in [2.05, 4.69) is 10.2 Å². The van der Waals surface area contributed by atoms with Gasteiger partial charge in [-0.1, -0.05) is 12.1 Å². The molecule has 3 amide bonds. The third kappa shape index (κ3) is 5.62. The highest BCUT2D eigenvalue weighted by Crippen LogP contribution is 2.62. The lowest BCUT2D eigenvalue weighted by atomic mass is 9.47. The average Bonchev–Trinajstić information content (AvgIpc) is 3.55. The second kappa shape index (κ2) is 11.3. The molecule has 0 N–H and O–H groups in total. The van der Waals surface area contributed by atoms with Crippen LogP contribution in [0, 0.1) is 5.41 Å². The fourth-order valence-corrected chi connectivity index (χ4v) is 8.44. The summed E-state index contributed by atoms with van der Waals surface area (Å²) in [5.74, 6) is 0.261. The van der Waals surface area contributed by atoms with E-state index in [1.165, 1.54) is 15.9 Å². The van der Waals surface area contributed by atoms with E-state index in [1.54, 1.807) is 40.1 Å². The minimum Gasteiger partial charge on any atom is -0.443 e. The van der Waals surface area contributed by atoms with Gasteiger partial charge in [0.25, 0.3) is 5.91 Å². The fourth-order valence-electron chi connectivity index (χ4n) is 8.44. The third-order valence-electron chi connectivity index (χ3n) is 11.2. The van der Waals surface area contributed by atoms with Gasteiger partial charge in [-0.05, 0) is 101 Å². The predicted molar refractivity (Wildman–Crippen MR) is 178 cm³/mol. The van der Waals surface area contributed by atoms with Crippen LogP contribution in [0.5, 0.6) is 0 Å². The molecule has 2 aromatic carbocycles. The van der Waals surface area contributed by atoms with Crippen LogP contribution in [0.3, 0.4) is 0 Å². The zero-order valence-electron chi connectivity index (χ0n) is 29.4. The van der Waals surface area contributed by atoms with Crippen molar-refractivity contribution in [2.24, 2.45) is 12.5 Å². The van der Waals surface area contributed by atoms with Gasteiger partial charge in [-0.15, -0.1) is 10.2 Å². The lowest BCUT2D eigenvalue weighted by molar-refractivity contribution is -0.154. The number of aromatic nitrogens is 3. The second-order valence-electron chi connectivity index (χ2n) is 16.1. The number of nitrogens with zero attached hydrogens (tertiary/aromatic N) is 6. The molecule has 0 radical (unpaired) electrons. The number of alkyl halides is 3.